The molecule has 0 radical (unpaired) electrons. The Labute approximate surface area is 156 Å². The van der Waals surface area contributed by atoms with Crippen molar-refractivity contribution in [3.63, 3.8) is 0 Å². The van der Waals surface area contributed by atoms with Gasteiger partial charge >= 0.3 is 11.4 Å². The number of aromatic nitrogens is 1. The fourth-order valence-corrected chi connectivity index (χ4v) is 2.99. The molecule has 0 aliphatic heterocycles. The number of ether oxygens (including phenoxy) is 1. The average molecular weight is 425 g/mol. The Bertz CT molecular complexity index is 995. The number of halogens is 2. The van der Waals surface area contributed by atoms with E-state index in [9.17, 15) is 9.59 Å². The highest BCUT2D eigenvalue weighted by molar-refractivity contribution is 9.10. The minimum atomic E-state index is -0.640. The Kier molecular flexibility index (Phi) is 5.60. The summed E-state index contributed by atoms with van der Waals surface area (Å²) in [6.07, 6.45) is 1.47. The Morgan fingerprint density at radius 2 is 1.84 bits per heavy atom. The van der Waals surface area contributed by atoms with Crippen LogP contribution in [0.1, 0.15) is 12.8 Å². The predicted octanol–water partition coefficient (Wildman–Crippen LogP) is 4.23. The van der Waals surface area contributed by atoms with Crippen LogP contribution in [0.3, 0.4) is 0 Å². The smallest absolute Gasteiger partial charge is 0.422 e. The van der Waals surface area contributed by atoms with Gasteiger partial charge in [-0.3, -0.25) is 4.57 Å². The fraction of sp³-hybridized carbons (Fsp3) is 0.222. The summed E-state index contributed by atoms with van der Waals surface area (Å²) in [5.74, 6) is 0.112. The molecule has 5 nitrogen and oxygen atoms in total. The molecule has 0 fully saturated rings. The third-order valence-electron chi connectivity index (χ3n) is 3.73. The van der Waals surface area contributed by atoms with Gasteiger partial charge in [-0.15, -0.1) is 0 Å². The molecule has 0 saturated carbocycles. The second-order valence-electron chi connectivity index (χ2n) is 5.48. The molecule has 0 aliphatic rings. The topological polar surface area (TPSA) is 61.4 Å². The normalized spacial score (nSPS) is 11.0. The summed E-state index contributed by atoms with van der Waals surface area (Å²) in [7, 11) is 0. The second kappa shape index (κ2) is 7.89. The molecular weight excluding hydrogens is 410 g/mol. The van der Waals surface area contributed by atoms with Gasteiger partial charge in [0, 0.05) is 16.0 Å². The number of hydrogen-bond donors (Lipinski definition) is 0. The minimum Gasteiger partial charge on any atom is -0.494 e. The highest BCUT2D eigenvalue weighted by Gasteiger charge is 2.09. The van der Waals surface area contributed by atoms with E-state index in [0.717, 1.165) is 16.6 Å². The molecule has 0 saturated heterocycles. The molecule has 0 amide bonds. The lowest BCUT2D eigenvalue weighted by molar-refractivity contribution is 0.301. The highest BCUT2D eigenvalue weighted by atomic mass is 79.9. The van der Waals surface area contributed by atoms with E-state index in [2.05, 4.69) is 15.9 Å². The van der Waals surface area contributed by atoms with Gasteiger partial charge in [0.1, 0.15) is 5.75 Å². The zero-order chi connectivity index (χ0) is 17.8. The third kappa shape index (κ3) is 4.32. The van der Waals surface area contributed by atoms with Crippen LogP contribution in [-0.2, 0) is 6.54 Å². The number of fused-ring (bicyclic) bond motifs is 1. The molecular formula is C18H15BrClNO4. The van der Waals surface area contributed by atoms with Gasteiger partial charge in [0.25, 0.3) is 0 Å². The maximum absolute atomic E-state index is 12.0. The van der Waals surface area contributed by atoms with Crippen LogP contribution in [0.15, 0.2) is 60.9 Å². The fourth-order valence-electron chi connectivity index (χ4n) is 2.50. The van der Waals surface area contributed by atoms with Crippen molar-refractivity contribution < 1.29 is 9.15 Å². The van der Waals surface area contributed by atoms with Crippen molar-refractivity contribution in [1.29, 1.82) is 0 Å². The van der Waals surface area contributed by atoms with E-state index in [4.69, 9.17) is 20.8 Å². The van der Waals surface area contributed by atoms with Crippen molar-refractivity contribution in [3.8, 4) is 5.75 Å². The lowest BCUT2D eigenvalue weighted by Gasteiger charge is -2.09. The van der Waals surface area contributed by atoms with Crippen LogP contribution in [0.2, 0.25) is 5.02 Å². The van der Waals surface area contributed by atoms with Crippen LogP contribution >= 0.6 is 27.5 Å². The number of rotatable bonds is 6. The second-order valence-corrected chi connectivity index (χ2v) is 6.83. The summed E-state index contributed by atoms with van der Waals surface area (Å²) < 4.78 is 12.7. The van der Waals surface area contributed by atoms with Crippen LogP contribution < -0.4 is 16.1 Å². The number of unbranched alkanes of at least 4 members (excludes halogenated alkanes) is 1. The molecule has 1 heterocycles. The molecule has 7 heteroatoms. The Morgan fingerprint density at radius 3 is 2.60 bits per heavy atom. The van der Waals surface area contributed by atoms with E-state index in [1.165, 1.54) is 4.57 Å². The molecule has 1 aromatic heterocycles. The van der Waals surface area contributed by atoms with Crippen LogP contribution in [-0.4, -0.2) is 11.2 Å². The number of nitrogens with zero attached hydrogens (tertiary/aromatic N) is 1. The standard InChI is InChI=1S/C18H15BrClNO4/c19-12-3-8-16-15(11-12)17(22)25-18(23)21(16)9-1-2-10-24-14-6-4-13(20)5-7-14/h3-8,11H,1-2,9-10H2. The SMILES string of the molecule is O=c1oc(=O)n(CCCCOc2ccc(Cl)cc2)c2ccc(Br)cc12. The van der Waals surface area contributed by atoms with Gasteiger partial charge in [-0.1, -0.05) is 27.5 Å². The van der Waals surface area contributed by atoms with Gasteiger partial charge in [0.2, 0.25) is 0 Å². The molecule has 3 aromatic rings. The van der Waals surface area contributed by atoms with Crippen molar-refractivity contribution in [2.45, 2.75) is 19.4 Å². The van der Waals surface area contributed by atoms with Gasteiger partial charge in [-0.25, -0.2) is 9.59 Å². The van der Waals surface area contributed by atoms with E-state index in [1.54, 1.807) is 30.3 Å². The first-order chi connectivity index (χ1) is 12.0. The first kappa shape index (κ1) is 17.8. The maximum atomic E-state index is 12.0. The van der Waals surface area contributed by atoms with Gasteiger partial charge in [-0.2, -0.15) is 0 Å². The molecule has 25 heavy (non-hydrogen) atoms. The zero-order valence-electron chi connectivity index (χ0n) is 13.2. The van der Waals surface area contributed by atoms with E-state index < -0.39 is 11.4 Å². The van der Waals surface area contributed by atoms with Gasteiger partial charge < -0.3 is 9.15 Å². The zero-order valence-corrected chi connectivity index (χ0v) is 15.5. The molecule has 0 atom stereocenters. The molecule has 130 valence electrons. The summed E-state index contributed by atoms with van der Waals surface area (Å²) >= 11 is 9.14. The van der Waals surface area contributed by atoms with Crippen LogP contribution in [0.25, 0.3) is 10.9 Å². The predicted molar refractivity (Wildman–Crippen MR) is 101 cm³/mol. The average Bonchev–Trinajstić information content (AvgIpc) is 2.59. The number of hydrogen-bond acceptors (Lipinski definition) is 4. The maximum Gasteiger partial charge on any atom is 0.422 e. The quantitative estimate of drug-likeness (QED) is 0.556. The van der Waals surface area contributed by atoms with Crippen molar-refractivity contribution in [1.82, 2.24) is 4.57 Å². The summed E-state index contributed by atoms with van der Waals surface area (Å²) in [5.41, 5.74) is -0.0494. The van der Waals surface area contributed by atoms with Gasteiger partial charge in [-0.05, 0) is 55.3 Å². The lowest BCUT2D eigenvalue weighted by Crippen LogP contribution is -2.25. The van der Waals surface area contributed by atoms with Crippen molar-refractivity contribution >= 4 is 38.4 Å². The van der Waals surface area contributed by atoms with E-state index in [1.807, 2.05) is 12.1 Å². The molecule has 0 bridgehead atoms. The minimum absolute atomic E-state index is 0.381. The van der Waals surface area contributed by atoms with Crippen LogP contribution in [0.4, 0.5) is 0 Å². The van der Waals surface area contributed by atoms with Crippen molar-refractivity contribution in [2.75, 3.05) is 6.61 Å². The Hall–Kier alpha value is -2.05. The van der Waals surface area contributed by atoms with Crippen LogP contribution in [0.5, 0.6) is 5.75 Å². The molecule has 0 unspecified atom stereocenters. The summed E-state index contributed by atoms with van der Waals surface area (Å²) in [5, 5.41) is 1.04. The summed E-state index contributed by atoms with van der Waals surface area (Å²) in [6, 6.07) is 12.3. The third-order valence-corrected chi connectivity index (χ3v) is 4.47. The van der Waals surface area contributed by atoms with Crippen molar-refractivity contribution in [2.24, 2.45) is 0 Å². The molecule has 3 rings (SSSR count). The van der Waals surface area contributed by atoms with E-state index >= 15 is 0 Å². The first-order valence-corrected chi connectivity index (χ1v) is 8.93. The van der Waals surface area contributed by atoms with Crippen LogP contribution in [0, 0.1) is 0 Å². The van der Waals surface area contributed by atoms with E-state index in [0.29, 0.717) is 35.5 Å². The monoisotopic (exact) mass is 423 g/mol. The summed E-state index contributed by atoms with van der Waals surface area (Å²) in [4.78, 5) is 23.8. The molecule has 0 aliphatic carbocycles. The molecule has 0 spiro atoms. The molecule has 0 N–H and O–H groups in total. The number of aryl methyl sites for hydroxylation is 1. The molecule has 2 aromatic carbocycles. The lowest BCUT2D eigenvalue weighted by atomic mass is 10.2. The highest BCUT2D eigenvalue weighted by Crippen LogP contribution is 2.17. The summed E-state index contributed by atoms with van der Waals surface area (Å²) in [6.45, 7) is 0.974. The van der Waals surface area contributed by atoms with Gasteiger partial charge in [0.05, 0.1) is 17.5 Å². The first-order valence-electron chi connectivity index (χ1n) is 7.76. The Morgan fingerprint density at radius 1 is 1.08 bits per heavy atom. The van der Waals surface area contributed by atoms with Crippen molar-refractivity contribution in [3.05, 3.63) is 72.9 Å². The Balaban J connectivity index is 1.64. The van der Waals surface area contributed by atoms with E-state index in [-0.39, 0.29) is 0 Å². The van der Waals surface area contributed by atoms with Gasteiger partial charge in [0.15, 0.2) is 0 Å². The number of benzene rings is 2. The largest absolute Gasteiger partial charge is 0.494 e.